The Morgan fingerprint density at radius 1 is 1.13 bits per heavy atom. The van der Waals surface area contributed by atoms with E-state index in [4.69, 9.17) is 27.9 Å². The number of amides is 3. The maximum absolute atomic E-state index is 12.7. The minimum atomic E-state index is -0.594. The second kappa shape index (κ2) is 9.10. The number of benzene rings is 1. The van der Waals surface area contributed by atoms with E-state index in [0.717, 1.165) is 18.4 Å². The van der Waals surface area contributed by atoms with Gasteiger partial charge in [0.1, 0.15) is 16.6 Å². The summed E-state index contributed by atoms with van der Waals surface area (Å²) in [6.45, 7) is 6.06. The monoisotopic (exact) mass is 450 g/mol. The van der Waals surface area contributed by atoms with Crippen LogP contribution in [-0.2, 0) is 4.74 Å². The summed E-state index contributed by atoms with van der Waals surface area (Å²) < 4.78 is 5.55. The molecule has 1 aromatic carbocycles. The zero-order valence-corrected chi connectivity index (χ0v) is 18.5. The predicted molar refractivity (Wildman–Crippen MR) is 118 cm³/mol. The summed E-state index contributed by atoms with van der Waals surface area (Å²) in [7, 11) is 0. The highest BCUT2D eigenvalue weighted by Gasteiger charge is 2.35. The van der Waals surface area contributed by atoms with Gasteiger partial charge in [-0.1, -0.05) is 41.4 Å². The Kier molecular flexibility index (Phi) is 6.73. The zero-order chi connectivity index (χ0) is 21.9. The molecular weight excluding hydrogens is 427 g/mol. The van der Waals surface area contributed by atoms with E-state index < -0.39 is 11.6 Å². The van der Waals surface area contributed by atoms with Crippen LogP contribution in [-0.4, -0.2) is 34.2 Å². The Morgan fingerprint density at radius 2 is 1.87 bits per heavy atom. The van der Waals surface area contributed by atoms with E-state index >= 15 is 0 Å². The molecule has 9 heteroatoms. The van der Waals surface area contributed by atoms with Crippen LogP contribution in [0, 0.1) is 0 Å². The molecule has 160 valence electrons. The Bertz CT molecular complexity index is 946. The molecule has 2 aromatic rings. The van der Waals surface area contributed by atoms with Gasteiger partial charge in [-0.2, -0.15) is 0 Å². The smallest absolute Gasteiger partial charge is 0.410 e. The van der Waals surface area contributed by atoms with Crippen molar-refractivity contribution >= 4 is 46.8 Å². The van der Waals surface area contributed by atoms with Crippen molar-refractivity contribution in [3.8, 4) is 0 Å². The van der Waals surface area contributed by atoms with Gasteiger partial charge in [-0.05, 0) is 57.4 Å². The van der Waals surface area contributed by atoms with E-state index in [9.17, 15) is 9.59 Å². The van der Waals surface area contributed by atoms with Crippen molar-refractivity contribution in [2.75, 3.05) is 17.2 Å². The number of pyridine rings is 1. The van der Waals surface area contributed by atoms with Crippen molar-refractivity contribution in [3.05, 3.63) is 52.1 Å². The van der Waals surface area contributed by atoms with Gasteiger partial charge in [0.15, 0.2) is 0 Å². The second-order valence-corrected chi connectivity index (χ2v) is 8.75. The Morgan fingerprint density at radius 3 is 2.57 bits per heavy atom. The number of rotatable bonds is 3. The summed E-state index contributed by atoms with van der Waals surface area (Å²) in [6, 6.07) is 9.49. The number of carbonyl (C=O) groups is 2. The minimum Gasteiger partial charge on any atom is -0.444 e. The number of para-hydroxylation sites is 1. The van der Waals surface area contributed by atoms with Crippen LogP contribution in [0.5, 0.6) is 0 Å². The quantitative estimate of drug-likeness (QED) is 0.552. The van der Waals surface area contributed by atoms with Gasteiger partial charge in [0.25, 0.3) is 0 Å². The van der Waals surface area contributed by atoms with Crippen molar-refractivity contribution in [1.29, 1.82) is 0 Å². The highest BCUT2D eigenvalue weighted by atomic mass is 35.5. The highest BCUT2D eigenvalue weighted by Crippen LogP contribution is 2.39. The van der Waals surface area contributed by atoms with Crippen LogP contribution < -0.4 is 10.6 Å². The zero-order valence-electron chi connectivity index (χ0n) is 17.0. The lowest BCUT2D eigenvalue weighted by Gasteiger charge is -2.30. The summed E-state index contributed by atoms with van der Waals surface area (Å²) in [5.41, 5.74) is 0.600. The number of carbonyl (C=O) groups excluding carboxylic acids is 2. The van der Waals surface area contributed by atoms with E-state index in [1.165, 1.54) is 0 Å². The first-order chi connectivity index (χ1) is 14.1. The summed E-state index contributed by atoms with van der Waals surface area (Å²) in [4.78, 5) is 30.9. The van der Waals surface area contributed by atoms with Gasteiger partial charge in [0.2, 0.25) is 0 Å². The summed E-state index contributed by atoms with van der Waals surface area (Å²) >= 11 is 12.3. The first kappa shape index (κ1) is 22.2. The topological polar surface area (TPSA) is 83.6 Å². The van der Waals surface area contributed by atoms with Gasteiger partial charge in [-0.15, -0.1) is 0 Å². The van der Waals surface area contributed by atoms with Crippen LogP contribution in [0.2, 0.25) is 10.2 Å². The van der Waals surface area contributed by atoms with Crippen LogP contribution in [0.15, 0.2) is 36.4 Å². The number of hydrogen-bond donors (Lipinski definition) is 2. The lowest BCUT2D eigenvalue weighted by molar-refractivity contribution is 0.0225. The molecule has 1 saturated heterocycles. The summed E-state index contributed by atoms with van der Waals surface area (Å²) in [5, 5.41) is 6.06. The Labute approximate surface area is 185 Å². The fourth-order valence-electron chi connectivity index (χ4n) is 3.32. The van der Waals surface area contributed by atoms with Crippen molar-refractivity contribution in [3.63, 3.8) is 0 Å². The molecule has 1 aliphatic heterocycles. The molecule has 0 saturated carbocycles. The lowest BCUT2D eigenvalue weighted by Crippen LogP contribution is -2.36. The molecule has 1 unspecified atom stereocenters. The number of halogens is 2. The number of ether oxygens (including phenoxy) is 1. The molecule has 3 amide bonds. The minimum absolute atomic E-state index is 0.252. The van der Waals surface area contributed by atoms with Gasteiger partial charge in [-0.25, -0.2) is 14.6 Å². The van der Waals surface area contributed by atoms with Crippen LogP contribution in [0.25, 0.3) is 0 Å². The largest absolute Gasteiger partial charge is 0.444 e. The van der Waals surface area contributed by atoms with Gasteiger partial charge in [-0.3, -0.25) is 5.32 Å². The number of likely N-dealkylation sites (tertiary alicyclic amines) is 1. The molecular formula is C21H24Cl2N4O3. The maximum Gasteiger partial charge on any atom is 0.410 e. The van der Waals surface area contributed by atoms with E-state index in [2.05, 4.69) is 15.6 Å². The predicted octanol–water partition coefficient (Wildman–Crippen LogP) is 6.10. The van der Waals surface area contributed by atoms with E-state index in [1.807, 2.05) is 26.8 Å². The number of nitrogens with zero attached hydrogens (tertiary/aromatic N) is 2. The Hall–Kier alpha value is -2.51. The second-order valence-electron chi connectivity index (χ2n) is 7.96. The maximum atomic E-state index is 12.7. The van der Waals surface area contributed by atoms with Crippen LogP contribution >= 0.6 is 23.2 Å². The third-order valence-electron chi connectivity index (χ3n) is 4.48. The number of nitrogens with one attached hydrogen (secondary N) is 2. The lowest BCUT2D eigenvalue weighted by atomic mass is 10.0. The molecule has 1 fully saturated rings. The van der Waals surface area contributed by atoms with Crippen LogP contribution in [0.1, 0.15) is 45.2 Å². The summed E-state index contributed by atoms with van der Waals surface area (Å²) in [6.07, 6.45) is 1.18. The molecule has 2 heterocycles. The van der Waals surface area contributed by atoms with Crippen LogP contribution in [0.3, 0.4) is 0 Å². The molecule has 0 bridgehead atoms. The fourth-order valence-corrected chi connectivity index (χ4v) is 3.71. The molecule has 1 aromatic heterocycles. The van der Waals surface area contributed by atoms with Gasteiger partial charge in [0.05, 0.1) is 16.8 Å². The number of aromatic nitrogens is 1. The first-order valence-electron chi connectivity index (χ1n) is 9.62. The average Bonchev–Trinajstić information content (AvgIpc) is 3.12. The average molecular weight is 451 g/mol. The number of urea groups is 1. The molecule has 30 heavy (non-hydrogen) atoms. The van der Waals surface area contributed by atoms with Crippen molar-refractivity contribution < 1.29 is 14.3 Å². The molecule has 1 aliphatic rings. The third-order valence-corrected chi connectivity index (χ3v) is 5.01. The van der Waals surface area contributed by atoms with Crippen molar-refractivity contribution in [2.24, 2.45) is 0 Å². The molecule has 0 spiro atoms. The summed E-state index contributed by atoms with van der Waals surface area (Å²) in [5.74, 6) is 0.310. The normalized spacial score (nSPS) is 16.3. The van der Waals surface area contributed by atoms with Gasteiger partial charge < -0.3 is 15.0 Å². The molecule has 7 nitrogen and oxygen atoms in total. The Balaban J connectivity index is 1.82. The highest BCUT2D eigenvalue weighted by molar-refractivity contribution is 6.34. The van der Waals surface area contributed by atoms with E-state index in [1.54, 1.807) is 35.2 Å². The van der Waals surface area contributed by atoms with E-state index in [-0.39, 0.29) is 17.3 Å². The molecule has 0 radical (unpaired) electrons. The van der Waals surface area contributed by atoms with Gasteiger partial charge >= 0.3 is 12.1 Å². The SMILES string of the molecule is CC(C)(C)OC(=O)N1CCCC1c1cccc(Cl)c1NC(=O)Nc1cccc(Cl)n1. The van der Waals surface area contributed by atoms with Crippen molar-refractivity contribution in [1.82, 2.24) is 9.88 Å². The molecule has 2 N–H and O–H groups in total. The number of hydrogen-bond acceptors (Lipinski definition) is 4. The van der Waals surface area contributed by atoms with Crippen LogP contribution in [0.4, 0.5) is 21.1 Å². The first-order valence-corrected chi connectivity index (χ1v) is 10.4. The van der Waals surface area contributed by atoms with Gasteiger partial charge in [0, 0.05) is 6.54 Å². The molecule has 0 aliphatic carbocycles. The third kappa shape index (κ3) is 5.55. The number of anilines is 2. The van der Waals surface area contributed by atoms with Crippen molar-refractivity contribution in [2.45, 2.75) is 45.3 Å². The standard InChI is InChI=1S/C21H24Cl2N4O3/c1-21(2,3)30-20(29)27-12-6-9-15(27)13-7-4-8-14(22)18(13)26-19(28)25-17-11-5-10-16(23)24-17/h4-5,7-8,10-11,15H,6,9,12H2,1-3H3,(H2,24,25,26,28). The fraction of sp³-hybridized carbons (Fsp3) is 0.381. The molecule has 1 atom stereocenters. The van der Waals surface area contributed by atoms with E-state index in [0.29, 0.717) is 23.1 Å². The molecule has 3 rings (SSSR count).